The second kappa shape index (κ2) is 9.85. The van der Waals surface area contributed by atoms with Crippen molar-refractivity contribution >= 4 is 11.6 Å². The molecule has 1 aromatic carbocycles. The molecule has 148 valence electrons. The molecule has 0 unspecified atom stereocenters. The summed E-state index contributed by atoms with van der Waals surface area (Å²) < 4.78 is 0. The fourth-order valence-electron chi connectivity index (χ4n) is 3.63. The Labute approximate surface area is 173 Å². The van der Waals surface area contributed by atoms with Gasteiger partial charge in [-0.3, -0.25) is 10.1 Å². The zero-order valence-corrected chi connectivity index (χ0v) is 17.7. The molecule has 2 aromatic heterocycles. The number of nitrogens with one attached hydrogen (secondary N) is 1. The average molecular weight is 397 g/mol. The first kappa shape index (κ1) is 20.6. The standard InChI is InChI=1S/C14H10ClN3.C9H19N/c15-12-3-1-11(2-4-12)14-13(9-17-18-14)10-5-7-16-8-6-10;1-8-4-6-9(7-5-8)10(2)3/h1-9H,(H,17,18);8-9H,4-7H2,1-3H3. The minimum absolute atomic E-state index is 0.726. The van der Waals surface area contributed by atoms with Gasteiger partial charge in [-0.1, -0.05) is 30.7 Å². The zero-order chi connectivity index (χ0) is 19.9. The number of aromatic nitrogens is 3. The first-order valence-corrected chi connectivity index (χ1v) is 10.3. The Bertz CT molecular complexity index is 835. The van der Waals surface area contributed by atoms with E-state index in [0.29, 0.717) is 0 Å². The van der Waals surface area contributed by atoms with Crippen molar-refractivity contribution in [2.75, 3.05) is 14.1 Å². The van der Waals surface area contributed by atoms with Gasteiger partial charge in [0.1, 0.15) is 0 Å². The van der Waals surface area contributed by atoms with E-state index >= 15 is 0 Å². The Morgan fingerprint density at radius 2 is 1.57 bits per heavy atom. The van der Waals surface area contributed by atoms with Crippen molar-refractivity contribution in [2.45, 2.75) is 38.6 Å². The van der Waals surface area contributed by atoms with E-state index in [1.54, 1.807) is 12.4 Å². The molecule has 0 aliphatic heterocycles. The highest BCUT2D eigenvalue weighted by Crippen LogP contribution is 2.30. The van der Waals surface area contributed by atoms with Crippen molar-refractivity contribution in [3.63, 3.8) is 0 Å². The lowest BCUT2D eigenvalue weighted by molar-refractivity contribution is 0.200. The number of nitrogens with zero attached hydrogens (tertiary/aromatic N) is 3. The highest BCUT2D eigenvalue weighted by atomic mass is 35.5. The minimum atomic E-state index is 0.726. The second-order valence-electron chi connectivity index (χ2n) is 7.78. The van der Waals surface area contributed by atoms with Crippen LogP contribution in [0.5, 0.6) is 0 Å². The van der Waals surface area contributed by atoms with Crippen LogP contribution in [0.2, 0.25) is 5.02 Å². The summed E-state index contributed by atoms with van der Waals surface area (Å²) in [7, 11) is 4.39. The number of H-pyrrole nitrogens is 1. The van der Waals surface area contributed by atoms with Crippen LogP contribution in [0.3, 0.4) is 0 Å². The summed E-state index contributed by atoms with van der Waals surface area (Å²) in [6.45, 7) is 2.37. The summed E-state index contributed by atoms with van der Waals surface area (Å²) in [4.78, 5) is 6.39. The van der Waals surface area contributed by atoms with Crippen molar-refractivity contribution in [2.24, 2.45) is 5.92 Å². The fourth-order valence-corrected chi connectivity index (χ4v) is 3.76. The molecule has 1 aliphatic carbocycles. The lowest BCUT2D eigenvalue weighted by atomic mass is 9.87. The number of hydrogen-bond acceptors (Lipinski definition) is 3. The Morgan fingerprint density at radius 3 is 2.18 bits per heavy atom. The number of aromatic amines is 1. The maximum atomic E-state index is 5.90. The Morgan fingerprint density at radius 1 is 0.929 bits per heavy atom. The van der Waals surface area contributed by atoms with E-state index in [1.165, 1.54) is 25.7 Å². The van der Waals surface area contributed by atoms with Crippen molar-refractivity contribution in [1.82, 2.24) is 20.1 Å². The summed E-state index contributed by atoms with van der Waals surface area (Å²) in [5, 5.41) is 7.87. The van der Waals surface area contributed by atoms with E-state index in [1.807, 2.05) is 42.6 Å². The van der Waals surface area contributed by atoms with Gasteiger partial charge in [0.25, 0.3) is 0 Å². The molecule has 0 amide bonds. The van der Waals surface area contributed by atoms with E-state index in [9.17, 15) is 0 Å². The monoisotopic (exact) mass is 396 g/mol. The number of rotatable bonds is 3. The SMILES string of the molecule is CC1CCC(N(C)C)CC1.Clc1ccc(-c2[nH]ncc2-c2ccncc2)cc1. The van der Waals surface area contributed by atoms with Crippen molar-refractivity contribution in [3.8, 4) is 22.4 Å². The number of benzene rings is 1. The Hall–Kier alpha value is -2.17. The molecular weight excluding hydrogens is 368 g/mol. The van der Waals surface area contributed by atoms with Gasteiger partial charge >= 0.3 is 0 Å². The minimum Gasteiger partial charge on any atom is -0.306 e. The van der Waals surface area contributed by atoms with Crippen molar-refractivity contribution < 1.29 is 0 Å². The maximum absolute atomic E-state index is 5.90. The quantitative estimate of drug-likeness (QED) is 0.597. The molecule has 4 rings (SSSR count). The number of pyridine rings is 1. The van der Waals surface area contributed by atoms with Crippen LogP contribution < -0.4 is 0 Å². The molecule has 0 atom stereocenters. The normalized spacial score (nSPS) is 19.2. The zero-order valence-electron chi connectivity index (χ0n) is 16.9. The molecule has 2 heterocycles. The van der Waals surface area contributed by atoms with E-state index in [-0.39, 0.29) is 0 Å². The maximum Gasteiger partial charge on any atom is 0.0728 e. The second-order valence-corrected chi connectivity index (χ2v) is 8.22. The number of hydrogen-bond donors (Lipinski definition) is 1. The largest absolute Gasteiger partial charge is 0.306 e. The van der Waals surface area contributed by atoms with Gasteiger partial charge < -0.3 is 4.90 Å². The van der Waals surface area contributed by atoms with Gasteiger partial charge in [0.15, 0.2) is 0 Å². The van der Waals surface area contributed by atoms with Gasteiger partial charge in [-0.05, 0) is 75.5 Å². The van der Waals surface area contributed by atoms with E-state index in [2.05, 4.69) is 41.1 Å². The average Bonchev–Trinajstić information content (AvgIpc) is 3.20. The van der Waals surface area contributed by atoms with E-state index < -0.39 is 0 Å². The molecule has 1 aliphatic rings. The van der Waals surface area contributed by atoms with E-state index in [0.717, 1.165) is 39.4 Å². The molecular formula is C23H29ClN4. The van der Waals surface area contributed by atoms with E-state index in [4.69, 9.17) is 11.6 Å². The first-order chi connectivity index (χ1) is 13.5. The van der Waals surface area contributed by atoms with Crippen LogP contribution in [0.1, 0.15) is 32.6 Å². The molecule has 1 fully saturated rings. The van der Waals surface area contributed by atoms with Crippen molar-refractivity contribution in [3.05, 3.63) is 60.0 Å². The lowest BCUT2D eigenvalue weighted by Crippen LogP contribution is -2.31. The molecule has 0 saturated heterocycles. The van der Waals surface area contributed by atoms with Crippen LogP contribution in [0.4, 0.5) is 0 Å². The molecule has 1 saturated carbocycles. The molecule has 3 aromatic rings. The van der Waals surface area contributed by atoms with Crippen molar-refractivity contribution in [1.29, 1.82) is 0 Å². The molecule has 4 nitrogen and oxygen atoms in total. The third-order valence-electron chi connectivity index (χ3n) is 5.48. The number of halogens is 1. The predicted octanol–water partition coefficient (Wildman–Crippen LogP) is 5.92. The summed E-state index contributed by atoms with van der Waals surface area (Å²) in [5.74, 6) is 0.983. The van der Waals surface area contributed by atoms with Crippen LogP contribution in [-0.2, 0) is 0 Å². The van der Waals surface area contributed by atoms with Crippen LogP contribution in [0.15, 0.2) is 55.0 Å². The van der Waals surface area contributed by atoms with Gasteiger partial charge in [0.05, 0.1) is 11.9 Å². The summed E-state index contributed by atoms with van der Waals surface area (Å²) in [6.07, 6.45) is 11.1. The van der Waals surface area contributed by atoms with Gasteiger partial charge in [0.2, 0.25) is 0 Å². The molecule has 0 spiro atoms. The topological polar surface area (TPSA) is 44.8 Å². The van der Waals surface area contributed by atoms with Gasteiger partial charge in [0, 0.05) is 34.6 Å². The van der Waals surface area contributed by atoms with Crippen LogP contribution in [-0.4, -0.2) is 40.2 Å². The van der Waals surface area contributed by atoms with Crippen LogP contribution in [0, 0.1) is 5.92 Å². The van der Waals surface area contributed by atoms with Crippen LogP contribution in [0.25, 0.3) is 22.4 Å². The smallest absolute Gasteiger partial charge is 0.0728 e. The van der Waals surface area contributed by atoms with Crippen LogP contribution >= 0.6 is 11.6 Å². The molecule has 5 heteroatoms. The molecule has 0 bridgehead atoms. The first-order valence-electron chi connectivity index (χ1n) is 9.90. The molecule has 1 N–H and O–H groups in total. The molecule has 28 heavy (non-hydrogen) atoms. The predicted molar refractivity (Wildman–Crippen MR) is 117 cm³/mol. The summed E-state index contributed by atoms with van der Waals surface area (Å²) >= 11 is 5.90. The van der Waals surface area contributed by atoms with Gasteiger partial charge in [-0.2, -0.15) is 5.10 Å². The summed E-state index contributed by atoms with van der Waals surface area (Å²) in [6, 6.07) is 12.5. The molecule has 0 radical (unpaired) electrons. The third kappa shape index (κ3) is 5.43. The Kier molecular flexibility index (Phi) is 7.24. The lowest BCUT2D eigenvalue weighted by Gasteiger charge is -2.30. The summed E-state index contributed by atoms with van der Waals surface area (Å²) in [5.41, 5.74) is 4.19. The fraction of sp³-hybridized carbons (Fsp3) is 0.391. The van der Waals surface area contributed by atoms with Gasteiger partial charge in [-0.15, -0.1) is 0 Å². The highest BCUT2D eigenvalue weighted by molar-refractivity contribution is 6.30. The Balaban J connectivity index is 0.000000192. The third-order valence-corrected chi connectivity index (χ3v) is 5.73. The highest BCUT2D eigenvalue weighted by Gasteiger charge is 2.18. The van der Waals surface area contributed by atoms with Gasteiger partial charge in [-0.25, -0.2) is 0 Å².